The first-order chi connectivity index (χ1) is 21.9. The summed E-state index contributed by atoms with van der Waals surface area (Å²) in [5.74, 6) is -4.58. The maximum Gasteiger partial charge on any atom is 0.310 e. The van der Waals surface area contributed by atoms with E-state index in [1.165, 1.54) is 6.07 Å². The molecule has 1 aliphatic carbocycles. The lowest BCUT2D eigenvalue weighted by Crippen LogP contribution is -2.55. The van der Waals surface area contributed by atoms with Crippen LogP contribution in [-0.2, 0) is 31.3 Å². The van der Waals surface area contributed by atoms with E-state index in [4.69, 9.17) is 51.1 Å². The van der Waals surface area contributed by atoms with Gasteiger partial charge in [0.05, 0.1) is 28.8 Å². The molecule has 1 unspecified atom stereocenters. The lowest BCUT2D eigenvalue weighted by molar-refractivity contribution is -0.153. The molecule has 1 saturated carbocycles. The minimum atomic E-state index is -1.77. The molecule has 2 saturated heterocycles. The average Bonchev–Trinajstić information content (AvgIpc) is 3.61. The maximum atomic E-state index is 15.0. The van der Waals surface area contributed by atoms with Crippen molar-refractivity contribution in [1.82, 2.24) is 4.90 Å². The molecule has 0 bridgehead atoms. The molecule has 2 amide bonds. The third-order valence-corrected chi connectivity index (χ3v) is 10.8. The van der Waals surface area contributed by atoms with Gasteiger partial charge in [-0.1, -0.05) is 76.7 Å². The predicted molar refractivity (Wildman–Crippen MR) is 178 cm³/mol. The summed E-state index contributed by atoms with van der Waals surface area (Å²) in [6.07, 6.45) is 2.21. The van der Waals surface area contributed by atoms with Crippen molar-refractivity contribution in [3.05, 3.63) is 91.9 Å². The van der Waals surface area contributed by atoms with Gasteiger partial charge in [-0.2, -0.15) is 0 Å². The van der Waals surface area contributed by atoms with Gasteiger partial charge in [0.2, 0.25) is 5.91 Å². The number of anilines is 2. The number of halogens is 4. The molecule has 3 fully saturated rings. The van der Waals surface area contributed by atoms with Gasteiger partial charge in [0, 0.05) is 45.5 Å². The van der Waals surface area contributed by atoms with E-state index < -0.39 is 46.8 Å². The minimum Gasteiger partial charge on any atom is -0.481 e. The van der Waals surface area contributed by atoms with E-state index in [1.807, 2.05) is 42.2 Å². The van der Waals surface area contributed by atoms with Crippen LogP contribution >= 0.6 is 46.4 Å². The topological polar surface area (TPSA) is 99.2 Å². The van der Waals surface area contributed by atoms with Gasteiger partial charge in [-0.3, -0.25) is 19.3 Å². The van der Waals surface area contributed by atoms with Crippen molar-refractivity contribution in [1.29, 1.82) is 0 Å². The fourth-order valence-electron chi connectivity index (χ4n) is 7.72. The Bertz CT molecular complexity index is 1730. The van der Waals surface area contributed by atoms with E-state index in [2.05, 4.69) is 5.32 Å². The lowest BCUT2D eigenvalue weighted by atomic mass is 9.72. The van der Waals surface area contributed by atoms with Crippen molar-refractivity contribution in [2.45, 2.75) is 50.0 Å². The first-order valence-corrected chi connectivity index (χ1v) is 16.7. The fraction of sp³-hybridized carbons (Fsp3) is 0.382. The highest BCUT2D eigenvalue weighted by Crippen LogP contribution is 2.61. The van der Waals surface area contributed by atoms with Crippen LogP contribution in [0.4, 0.5) is 11.4 Å². The number of fused-ring (bicyclic) bond motifs is 4. The van der Waals surface area contributed by atoms with E-state index in [1.54, 1.807) is 29.2 Å². The Morgan fingerprint density at radius 3 is 2.35 bits per heavy atom. The number of carbonyl (C=O) groups is 3. The number of carboxylic acid groups (broad SMARTS) is 1. The van der Waals surface area contributed by atoms with Crippen molar-refractivity contribution in [3.63, 3.8) is 0 Å². The molecule has 1 spiro atoms. The van der Waals surface area contributed by atoms with Gasteiger partial charge in [0.1, 0.15) is 11.5 Å². The van der Waals surface area contributed by atoms with Gasteiger partial charge in [-0.05, 0) is 68.0 Å². The van der Waals surface area contributed by atoms with Crippen molar-refractivity contribution < 1.29 is 24.2 Å². The summed E-state index contributed by atoms with van der Waals surface area (Å²) in [5, 5.41) is 15.0. The molecule has 46 heavy (non-hydrogen) atoms. The summed E-state index contributed by atoms with van der Waals surface area (Å²) in [6.45, 7) is 2.82. The molecular formula is C34H31Cl4N3O5. The summed E-state index contributed by atoms with van der Waals surface area (Å²) in [5.41, 5.74) is -0.501. The summed E-state index contributed by atoms with van der Waals surface area (Å²) < 4.78 is 6.53. The summed E-state index contributed by atoms with van der Waals surface area (Å²) in [7, 11) is 0. The van der Waals surface area contributed by atoms with Crippen LogP contribution in [0.25, 0.3) is 0 Å². The monoisotopic (exact) mass is 701 g/mol. The van der Waals surface area contributed by atoms with Crippen molar-refractivity contribution in [2.24, 2.45) is 17.8 Å². The molecule has 240 valence electrons. The van der Waals surface area contributed by atoms with Crippen LogP contribution in [0.15, 0.2) is 60.7 Å². The molecule has 0 radical (unpaired) electrons. The smallest absolute Gasteiger partial charge is 0.310 e. The molecular weight excluding hydrogens is 672 g/mol. The molecule has 3 aromatic rings. The Morgan fingerprint density at radius 1 is 1.02 bits per heavy atom. The van der Waals surface area contributed by atoms with E-state index in [0.29, 0.717) is 46.6 Å². The van der Waals surface area contributed by atoms with Gasteiger partial charge in [-0.25, -0.2) is 0 Å². The van der Waals surface area contributed by atoms with Crippen LogP contribution < -0.4 is 10.2 Å². The molecule has 2 N–H and O–H groups in total. The van der Waals surface area contributed by atoms with Gasteiger partial charge < -0.3 is 20.1 Å². The van der Waals surface area contributed by atoms with Crippen LogP contribution in [0.1, 0.15) is 37.3 Å². The highest BCUT2D eigenvalue weighted by Gasteiger charge is 2.74. The lowest BCUT2D eigenvalue weighted by Gasteiger charge is -2.38. The zero-order chi connectivity index (χ0) is 32.5. The zero-order valence-electron chi connectivity index (χ0n) is 24.8. The quantitative estimate of drug-likeness (QED) is 0.256. The third-order valence-electron chi connectivity index (χ3n) is 9.82. The number of rotatable bonds is 8. The van der Waals surface area contributed by atoms with Crippen molar-refractivity contribution in [3.8, 4) is 0 Å². The Balaban J connectivity index is 1.37. The molecule has 5 atom stereocenters. The molecule has 12 heteroatoms. The molecule has 0 aromatic heterocycles. The first-order valence-electron chi connectivity index (χ1n) is 15.2. The molecule has 8 nitrogen and oxygen atoms in total. The Hall–Kier alpha value is -2.85. The highest BCUT2D eigenvalue weighted by molar-refractivity contribution is 6.38. The minimum absolute atomic E-state index is 0.189. The third kappa shape index (κ3) is 5.27. The number of carboxylic acids is 1. The molecule has 7 rings (SSSR count). The van der Waals surface area contributed by atoms with Crippen LogP contribution in [0, 0.1) is 17.8 Å². The molecule has 3 aromatic carbocycles. The molecule has 3 heterocycles. The molecule has 4 aliphatic rings. The average molecular weight is 703 g/mol. The summed E-state index contributed by atoms with van der Waals surface area (Å²) in [4.78, 5) is 46.3. The fourth-order valence-corrected chi connectivity index (χ4v) is 8.78. The van der Waals surface area contributed by atoms with E-state index >= 15 is 0 Å². The van der Waals surface area contributed by atoms with E-state index in [0.717, 1.165) is 18.4 Å². The normalized spacial score (nSPS) is 28.3. The number of amides is 2. The number of hydrogen-bond acceptors (Lipinski definition) is 5. The first kappa shape index (κ1) is 31.7. The second kappa shape index (κ2) is 11.7. The summed E-state index contributed by atoms with van der Waals surface area (Å²) >= 11 is 25.8. The standard InChI is InChI=1S/C34H31Cl4N3O5/c1-33(46-16-19-5-3-2-4-6-19)14-26-27(30(42)40(15-18-7-8-18)23-10-20(35)9-21(36)11-23)28(31(43)44)34(41(26)17-33)24-12-22(37)13-25(38)29(24)39-32(34)45/h2-6,9-13,18,26-28H,7-8,14-17H2,1H3,(H,39,45)(H,43,44)/t26-,27?,28+,33+,34+/m1/s1. The predicted octanol–water partition coefficient (Wildman–Crippen LogP) is 7.27. The van der Waals surface area contributed by atoms with Crippen LogP contribution in [0.2, 0.25) is 20.1 Å². The Kier molecular flexibility index (Phi) is 8.06. The van der Waals surface area contributed by atoms with Crippen LogP contribution in [0.5, 0.6) is 0 Å². The van der Waals surface area contributed by atoms with Crippen molar-refractivity contribution >= 4 is 75.6 Å². The van der Waals surface area contributed by atoms with Crippen molar-refractivity contribution in [2.75, 3.05) is 23.3 Å². The van der Waals surface area contributed by atoms with Crippen LogP contribution in [-0.4, -0.2) is 52.5 Å². The Morgan fingerprint density at radius 2 is 1.70 bits per heavy atom. The van der Waals surface area contributed by atoms with Gasteiger partial charge in [0.25, 0.3) is 5.91 Å². The van der Waals surface area contributed by atoms with E-state index in [9.17, 15) is 19.5 Å². The number of nitrogens with zero attached hydrogens (tertiary/aromatic N) is 2. The second-order valence-corrected chi connectivity index (χ2v) is 14.7. The Labute approximate surface area is 286 Å². The zero-order valence-corrected chi connectivity index (χ0v) is 27.8. The number of aliphatic carboxylic acids is 1. The maximum absolute atomic E-state index is 15.0. The largest absolute Gasteiger partial charge is 0.481 e. The molecule has 3 aliphatic heterocycles. The van der Waals surface area contributed by atoms with E-state index in [-0.39, 0.29) is 22.5 Å². The highest BCUT2D eigenvalue weighted by atomic mass is 35.5. The SMILES string of the molecule is C[C@]1(OCc2ccccc2)C[C@@H]2C(C(=O)N(CC3CC3)c3cc(Cl)cc(Cl)c3)[C@@H](C(=O)O)[C@@]3(C(=O)Nc4c(Cl)cc(Cl)cc43)N2C1. The number of nitrogens with one attached hydrogen (secondary N) is 1. The summed E-state index contributed by atoms with van der Waals surface area (Å²) in [6, 6.07) is 17.0. The number of hydrogen-bond donors (Lipinski definition) is 2. The number of ether oxygens (including phenoxy) is 1. The van der Waals surface area contributed by atoms with Gasteiger partial charge >= 0.3 is 5.97 Å². The number of carbonyl (C=O) groups excluding carboxylic acids is 2. The second-order valence-electron chi connectivity index (χ2n) is 13.0. The van der Waals surface area contributed by atoms with Gasteiger partial charge in [-0.15, -0.1) is 0 Å². The van der Waals surface area contributed by atoms with Gasteiger partial charge in [0.15, 0.2) is 0 Å². The number of benzene rings is 3. The van der Waals surface area contributed by atoms with Crippen LogP contribution in [0.3, 0.4) is 0 Å².